The quantitative estimate of drug-likeness (QED) is 0.645. The molecule has 1 saturated heterocycles. The molecule has 11 heteroatoms. The van der Waals surface area contributed by atoms with E-state index in [1.54, 1.807) is 18.3 Å². The number of piperidine rings is 1. The zero-order valence-electron chi connectivity index (χ0n) is 15.8. The molecule has 3 aromatic rings. The summed E-state index contributed by atoms with van der Waals surface area (Å²) in [5.74, 6) is -1.25. The monoisotopic (exact) mass is 447 g/mol. The first-order chi connectivity index (χ1) is 14.4. The second-order valence-electron chi connectivity index (χ2n) is 6.73. The van der Waals surface area contributed by atoms with Gasteiger partial charge >= 0.3 is 10.2 Å². The van der Waals surface area contributed by atoms with Gasteiger partial charge in [-0.1, -0.05) is 12.5 Å². The Balaban J connectivity index is 1.53. The maximum atomic E-state index is 13.4. The number of nitrogens with zero attached hydrogens (tertiary/aromatic N) is 4. The minimum absolute atomic E-state index is 0.0181. The number of hydrogen-bond donors (Lipinski definition) is 1. The van der Waals surface area contributed by atoms with Crippen molar-refractivity contribution >= 4 is 27.5 Å². The van der Waals surface area contributed by atoms with Gasteiger partial charge in [0, 0.05) is 31.0 Å². The van der Waals surface area contributed by atoms with Gasteiger partial charge in [0.1, 0.15) is 16.5 Å². The number of carbonyl (C=O) groups is 1. The second-order valence-corrected chi connectivity index (χ2v) is 9.43. The molecule has 156 valence electrons. The number of carbonyl (C=O) groups excluding carboxylic acids is 1. The normalized spacial score (nSPS) is 15.1. The van der Waals surface area contributed by atoms with E-state index in [1.165, 1.54) is 34.0 Å². The predicted molar refractivity (Wildman–Crippen MR) is 110 cm³/mol. The lowest BCUT2D eigenvalue weighted by molar-refractivity contribution is 0.0974. The summed E-state index contributed by atoms with van der Waals surface area (Å²) in [6.07, 6.45) is 6.72. The van der Waals surface area contributed by atoms with E-state index >= 15 is 0 Å². The van der Waals surface area contributed by atoms with Crippen LogP contribution in [-0.2, 0) is 10.2 Å². The van der Waals surface area contributed by atoms with Crippen molar-refractivity contribution in [3.63, 3.8) is 0 Å². The Bertz CT molecular complexity index is 1180. The molecule has 1 N–H and O–H groups in total. The summed E-state index contributed by atoms with van der Waals surface area (Å²) in [6, 6.07) is 6.09. The molecule has 0 radical (unpaired) electrons. The van der Waals surface area contributed by atoms with Crippen LogP contribution in [0.15, 0.2) is 42.9 Å². The molecule has 1 fully saturated rings. The van der Waals surface area contributed by atoms with E-state index in [-0.39, 0.29) is 5.69 Å². The lowest BCUT2D eigenvalue weighted by Crippen LogP contribution is -2.45. The average molecular weight is 448 g/mol. The van der Waals surface area contributed by atoms with Crippen molar-refractivity contribution in [2.75, 3.05) is 13.1 Å². The summed E-state index contributed by atoms with van der Waals surface area (Å²) >= 11 is 1.27. The van der Waals surface area contributed by atoms with Crippen LogP contribution in [0, 0.1) is 5.82 Å². The molecule has 8 nitrogen and oxygen atoms in total. The molecule has 1 amide bonds. The largest absolute Gasteiger partial charge is 0.304 e. The summed E-state index contributed by atoms with van der Waals surface area (Å²) < 4.78 is 41.6. The smallest absolute Gasteiger partial charge is 0.266 e. The molecule has 3 aromatic heterocycles. The van der Waals surface area contributed by atoms with Crippen LogP contribution in [0.5, 0.6) is 0 Å². The Morgan fingerprint density at radius 3 is 2.70 bits per heavy atom. The Kier molecular flexibility index (Phi) is 5.84. The lowest BCUT2D eigenvalue weighted by atomic mass is 10.2. The van der Waals surface area contributed by atoms with E-state index in [1.807, 2.05) is 0 Å². The van der Waals surface area contributed by atoms with Crippen LogP contribution in [0.3, 0.4) is 0 Å². The first-order valence-corrected chi connectivity index (χ1v) is 11.5. The minimum Gasteiger partial charge on any atom is -0.266 e. The van der Waals surface area contributed by atoms with Crippen molar-refractivity contribution in [1.82, 2.24) is 24.0 Å². The van der Waals surface area contributed by atoms with Crippen molar-refractivity contribution in [3.8, 4) is 21.1 Å². The van der Waals surface area contributed by atoms with Crippen molar-refractivity contribution in [3.05, 3.63) is 54.4 Å². The second kappa shape index (κ2) is 8.54. The Hall–Kier alpha value is -2.76. The van der Waals surface area contributed by atoms with Gasteiger partial charge in [-0.15, -0.1) is 11.3 Å². The van der Waals surface area contributed by atoms with Crippen LogP contribution < -0.4 is 4.72 Å². The molecule has 0 unspecified atom stereocenters. The third-order valence-electron chi connectivity index (χ3n) is 4.57. The highest BCUT2D eigenvalue weighted by atomic mass is 32.2. The van der Waals surface area contributed by atoms with Gasteiger partial charge in [-0.3, -0.25) is 9.78 Å². The zero-order chi connectivity index (χ0) is 21.1. The third kappa shape index (κ3) is 4.53. The summed E-state index contributed by atoms with van der Waals surface area (Å²) in [5, 5.41) is 0.557. The fourth-order valence-electron chi connectivity index (χ4n) is 3.09. The van der Waals surface area contributed by atoms with Crippen LogP contribution in [0.25, 0.3) is 21.1 Å². The number of hydrogen-bond acceptors (Lipinski definition) is 7. The van der Waals surface area contributed by atoms with Gasteiger partial charge in [0.05, 0.1) is 16.8 Å². The first kappa shape index (κ1) is 20.5. The van der Waals surface area contributed by atoms with Crippen LogP contribution in [-0.4, -0.2) is 46.7 Å². The Labute approximate surface area is 177 Å². The molecule has 0 spiro atoms. The summed E-state index contributed by atoms with van der Waals surface area (Å²) in [4.78, 5) is 25.5. The van der Waals surface area contributed by atoms with Crippen molar-refractivity contribution in [2.45, 2.75) is 19.3 Å². The molecule has 0 aliphatic carbocycles. The Morgan fingerprint density at radius 2 is 1.93 bits per heavy atom. The number of rotatable bonds is 5. The Morgan fingerprint density at radius 1 is 1.13 bits per heavy atom. The molecule has 0 saturated carbocycles. The number of nitrogens with one attached hydrogen (secondary N) is 1. The molecular weight excluding hydrogens is 429 g/mol. The van der Waals surface area contributed by atoms with Gasteiger partial charge in [-0.25, -0.2) is 19.1 Å². The molecule has 4 rings (SSSR count). The van der Waals surface area contributed by atoms with Gasteiger partial charge in [0.15, 0.2) is 0 Å². The molecule has 1 aliphatic rings. The molecule has 0 atom stereocenters. The van der Waals surface area contributed by atoms with Gasteiger partial charge in [0.2, 0.25) is 0 Å². The summed E-state index contributed by atoms with van der Waals surface area (Å²) in [5.41, 5.74) is 0.981. The molecule has 1 aliphatic heterocycles. The SMILES string of the molecule is O=C(NS(=O)(=O)N1CCCCC1)c1cccc(-c2cnc(-c3cncc(F)c3)s2)n1. The van der Waals surface area contributed by atoms with Crippen LogP contribution in [0.4, 0.5) is 4.39 Å². The van der Waals surface area contributed by atoms with Gasteiger partial charge in [-0.05, 0) is 31.0 Å². The average Bonchev–Trinajstić information content (AvgIpc) is 3.25. The van der Waals surface area contributed by atoms with Gasteiger partial charge in [0.25, 0.3) is 5.91 Å². The number of halogens is 1. The number of pyridine rings is 2. The van der Waals surface area contributed by atoms with Gasteiger partial charge in [-0.2, -0.15) is 12.7 Å². The van der Waals surface area contributed by atoms with E-state index in [0.717, 1.165) is 25.5 Å². The molecule has 0 aromatic carbocycles. The lowest BCUT2D eigenvalue weighted by Gasteiger charge is -2.25. The topological polar surface area (TPSA) is 105 Å². The van der Waals surface area contributed by atoms with Gasteiger partial charge < -0.3 is 0 Å². The number of thiazole rings is 1. The third-order valence-corrected chi connectivity index (χ3v) is 7.13. The van der Waals surface area contributed by atoms with E-state index in [0.29, 0.717) is 34.2 Å². The standard InChI is InChI=1S/C19H18FN5O3S2/c20-14-9-13(10-21-11-14)19-22-12-17(29-19)15-5-4-6-16(23-15)18(26)24-30(27,28)25-7-2-1-3-8-25/h4-6,9-12H,1-3,7-8H2,(H,24,26). The maximum absolute atomic E-state index is 13.4. The summed E-state index contributed by atoms with van der Waals surface area (Å²) in [7, 11) is -3.90. The fourth-order valence-corrected chi connectivity index (χ4v) is 5.17. The zero-order valence-corrected chi connectivity index (χ0v) is 17.4. The highest BCUT2D eigenvalue weighted by molar-refractivity contribution is 7.87. The predicted octanol–water partition coefficient (Wildman–Crippen LogP) is 2.87. The van der Waals surface area contributed by atoms with Crippen molar-refractivity contribution in [1.29, 1.82) is 0 Å². The van der Waals surface area contributed by atoms with Crippen molar-refractivity contribution < 1.29 is 17.6 Å². The molecule has 4 heterocycles. The van der Waals surface area contributed by atoms with E-state index in [2.05, 4.69) is 19.7 Å². The summed E-state index contributed by atoms with van der Waals surface area (Å²) in [6.45, 7) is 0.795. The highest BCUT2D eigenvalue weighted by Crippen LogP contribution is 2.31. The molecular formula is C19H18FN5O3S2. The molecule has 30 heavy (non-hydrogen) atoms. The number of aromatic nitrogens is 3. The number of amides is 1. The first-order valence-electron chi connectivity index (χ1n) is 9.29. The highest BCUT2D eigenvalue weighted by Gasteiger charge is 2.26. The van der Waals surface area contributed by atoms with Crippen LogP contribution in [0.2, 0.25) is 0 Å². The fraction of sp³-hybridized carbons (Fsp3) is 0.263. The van der Waals surface area contributed by atoms with Crippen LogP contribution in [0.1, 0.15) is 29.8 Å². The van der Waals surface area contributed by atoms with E-state index in [9.17, 15) is 17.6 Å². The van der Waals surface area contributed by atoms with E-state index in [4.69, 9.17) is 0 Å². The van der Waals surface area contributed by atoms with Crippen LogP contribution >= 0.6 is 11.3 Å². The maximum Gasteiger partial charge on any atom is 0.304 e. The van der Waals surface area contributed by atoms with Crippen molar-refractivity contribution in [2.24, 2.45) is 0 Å². The van der Waals surface area contributed by atoms with E-state index < -0.39 is 21.9 Å². The minimum atomic E-state index is -3.90. The molecule has 0 bridgehead atoms.